The number of amides is 2. The Hall–Kier alpha value is -3.56. The molecule has 0 spiro atoms. The zero-order chi connectivity index (χ0) is 27.8. The van der Waals surface area contributed by atoms with E-state index in [0.717, 1.165) is 12.8 Å². The van der Waals surface area contributed by atoms with Crippen LogP contribution >= 0.6 is 11.6 Å². The zero-order valence-corrected chi connectivity index (χ0v) is 22.8. The van der Waals surface area contributed by atoms with E-state index in [-0.39, 0.29) is 51.4 Å². The molecule has 2 amide bonds. The summed E-state index contributed by atoms with van der Waals surface area (Å²) in [5.41, 5.74) is 1.14. The lowest BCUT2D eigenvalue weighted by atomic mass is 10.0. The molecule has 0 aliphatic carbocycles. The van der Waals surface area contributed by atoms with Gasteiger partial charge in [-0.1, -0.05) is 30.3 Å². The number of carbonyl (C=O) groups is 2. The van der Waals surface area contributed by atoms with Crippen LogP contribution in [0.1, 0.15) is 42.7 Å². The molecule has 4 heterocycles. The predicted octanol–water partition coefficient (Wildman–Crippen LogP) is 4.43. The minimum atomic E-state index is -0.486. The van der Waals surface area contributed by atoms with E-state index in [1.807, 2.05) is 23.6 Å². The lowest BCUT2D eigenvalue weighted by molar-refractivity contribution is -0.126. The van der Waals surface area contributed by atoms with Gasteiger partial charge in [-0.05, 0) is 51.0 Å². The summed E-state index contributed by atoms with van der Waals surface area (Å²) in [5.74, 6) is -0.386. The number of hydrogen-bond acceptors (Lipinski definition) is 6. The van der Waals surface area contributed by atoms with Crippen molar-refractivity contribution in [3.63, 3.8) is 0 Å². The standard InChI is InChI=1S/C29H31ClFN5O3/c1-4-24(38)34-11-13-35(14-12-34)28-20-15-21(30)26(19-7-5-6-8-22(19)31)33-27(20)25(23(16-37)32-28)29(39)36-17(2)9-10-18(36)3/h4-8,15,17-18,37H,1,9-14,16H2,2-3H3/t17-,18-/m0/s1. The molecular weight excluding hydrogens is 521 g/mol. The summed E-state index contributed by atoms with van der Waals surface area (Å²) in [5, 5.41) is 11.2. The Balaban J connectivity index is 1.71. The third-order valence-corrected chi connectivity index (χ3v) is 8.02. The number of aromatic nitrogens is 2. The number of piperazine rings is 1. The molecule has 2 aliphatic heterocycles. The van der Waals surface area contributed by atoms with Gasteiger partial charge in [0.05, 0.1) is 34.1 Å². The highest BCUT2D eigenvalue weighted by molar-refractivity contribution is 6.34. The monoisotopic (exact) mass is 551 g/mol. The molecule has 0 radical (unpaired) electrons. The quantitative estimate of drug-likeness (QED) is 0.472. The van der Waals surface area contributed by atoms with Gasteiger partial charge in [-0.3, -0.25) is 9.59 Å². The third-order valence-electron chi connectivity index (χ3n) is 7.73. The fraction of sp³-hybridized carbons (Fsp3) is 0.379. The van der Waals surface area contributed by atoms with Crippen LogP contribution in [0.5, 0.6) is 0 Å². The molecule has 2 aliphatic rings. The van der Waals surface area contributed by atoms with Crippen LogP contribution in [-0.4, -0.2) is 75.0 Å². The second-order valence-electron chi connectivity index (χ2n) is 10.1. The maximum Gasteiger partial charge on any atom is 0.258 e. The molecule has 0 bridgehead atoms. The van der Waals surface area contributed by atoms with E-state index in [2.05, 4.69) is 6.58 Å². The summed E-state index contributed by atoms with van der Waals surface area (Å²) in [6.07, 6.45) is 3.04. The third kappa shape index (κ3) is 4.85. The smallest absolute Gasteiger partial charge is 0.258 e. The average Bonchev–Trinajstić information content (AvgIpc) is 3.29. The number of likely N-dealkylation sites (tertiary alicyclic amines) is 1. The van der Waals surface area contributed by atoms with Crippen molar-refractivity contribution < 1.29 is 19.1 Å². The number of benzene rings is 1. The van der Waals surface area contributed by atoms with Crippen LogP contribution in [0.25, 0.3) is 22.2 Å². The Bertz CT molecular complexity index is 1450. The summed E-state index contributed by atoms with van der Waals surface area (Å²) in [7, 11) is 0. The lowest BCUT2D eigenvalue weighted by Crippen LogP contribution is -2.48. The number of carbonyl (C=O) groups excluding carboxylic acids is 2. The Morgan fingerprint density at radius 3 is 2.41 bits per heavy atom. The van der Waals surface area contributed by atoms with Crippen molar-refractivity contribution >= 4 is 40.1 Å². The second kappa shape index (κ2) is 10.9. The highest BCUT2D eigenvalue weighted by atomic mass is 35.5. The molecule has 204 valence electrons. The first-order chi connectivity index (χ1) is 18.7. The average molecular weight is 552 g/mol. The van der Waals surface area contributed by atoms with Crippen molar-refractivity contribution in [3.05, 3.63) is 65.1 Å². The van der Waals surface area contributed by atoms with Gasteiger partial charge in [0.2, 0.25) is 5.91 Å². The number of fused-ring (bicyclic) bond motifs is 1. The van der Waals surface area contributed by atoms with Crippen LogP contribution in [-0.2, 0) is 11.4 Å². The van der Waals surface area contributed by atoms with Gasteiger partial charge in [-0.15, -0.1) is 0 Å². The molecule has 2 saturated heterocycles. The van der Waals surface area contributed by atoms with E-state index >= 15 is 0 Å². The Morgan fingerprint density at radius 2 is 1.79 bits per heavy atom. The Kier molecular flexibility index (Phi) is 7.55. The molecular formula is C29H31ClFN5O3. The Labute approximate surface area is 231 Å². The largest absolute Gasteiger partial charge is 0.390 e. The predicted molar refractivity (Wildman–Crippen MR) is 149 cm³/mol. The number of hydrogen-bond donors (Lipinski definition) is 1. The minimum absolute atomic E-state index is 0.0163. The summed E-state index contributed by atoms with van der Waals surface area (Å²) in [6.45, 7) is 8.97. The molecule has 2 atom stereocenters. The number of anilines is 1. The summed E-state index contributed by atoms with van der Waals surface area (Å²) in [6, 6.07) is 7.91. The molecule has 10 heteroatoms. The van der Waals surface area contributed by atoms with E-state index in [1.54, 1.807) is 29.2 Å². The molecule has 3 aromatic rings. The maximum absolute atomic E-state index is 14.8. The lowest BCUT2D eigenvalue weighted by Gasteiger charge is -2.36. The van der Waals surface area contributed by atoms with Gasteiger partial charge in [0, 0.05) is 49.2 Å². The van der Waals surface area contributed by atoms with Crippen molar-refractivity contribution in [3.8, 4) is 11.3 Å². The molecule has 8 nitrogen and oxygen atoms in total. The minimum Gasteiger partial charge on any atom is -0.390 e. The summed E-state index contributed by atoms with van der Waals surface area (Å²) < 4.78 is 14.8. The summed E-state index contributed by atoms with van der Waals surface area (Å²) >= 11 is 6.70. The fourth-order valence-electron chi connectivity index (χ4n) is 5.65. The van der Waals surface area contributed by atoms with E-state index < -0.39 is 12.4 Å². The van der Waals surface area contributed by atoms with Gasteiger partial charge in [0.1, 0.15) is 11.6 Å². The maximum atomic E-state index is 14.8. The van der Waals surface area contributed by atoms with Crippen molar-refractivity contribution in [2.45, 2.75) is 45.4 Å². The van der Waals surface area contributed by atoms with Gasteiger partial charge in [-0.25, -0.2) is 14.4 Å². The van der Waals surface area contributed by atoms with E-state index in [4.69, 9.17) is 21.6 Å². The molecule has 1 aromatic carbocycles. The van der Waals surface area contributed by atoms with Gasteiger partial charge >= 0.3 is 0 Å². The first-order valence-electron chi connectivity index (χ1n) is 13.1. The Morgan fingerprint density at radius 1 is 1.13 bits per heavy atom. The fourth-order valence-corrected chi connectivity index (χ4v) is 5.90. The van der Waals surface area contributed by atoms with Gasteiger partial charge in [0.25, 0.3) is 5.91 Å². The van der Waals surface area contributed by atoms with Crippen LogP contribution in [0, 0.1) is 5.82 Å². The molecule has 2 fully saturated rings. The van der Waals surface area contributed by atoms with Crippen molar-refractivity contribution in [2.24, 2.45) is 0 Å². The number of rotatable bonds is 5. The van der Waals surface area contributed by atoms with Crippen LogP contribution in [0.4, 0.5) is 10.2 Å². The second-order valence-corrected chi connectivity index (χ2v) is 10.5. The number of aliphatic hydroxyl groups is 1. The van der Waals surface area contributed by atoms with E-state index in [1.165, 1.54) is 12.1 Å². The molecule has 5 rings (SSSR count). The van der Waals surface area contributed by atoms with Crippen LogP contribution < -0.4 is 4.90 Å². The highest BCUT2D eigenvalue weighted by Gasteiger charge is 2.36. The number of halogens is 2. The zero-order valence-electron chi connectivity index (χ0n) is 22.0. The normalized spacial score (nSPS) is 19.6. The highest BCUT2D eigenvalue weighted by Crippen LogP contribution is 2.38. The number of pyridine rings is 2. The van der Waals surface area contributed by atoms with Gasteiger partial charge in [0.15, 0.2) is 0 Å². The van der Waals surface area contributed by atoms with Crippen molar-refractivity contribution in [1.29, 1.82) is 0 Å². The van der Waals surface area contributed by atoms with Crippen molar-refractivity contribution in [1.82, 2.24) is 19.8 Å². The van der Waals surface area contributed by atoms with Gasteiger partial charge in [-0.2, -0.15) is 0 Å². The van der Waals surface area contributed by atoms with Crippen LogP contribution in [0.2, 0.25) is 5.02 Å². The number of nitrogens with zero attached hydrogens (tertiary/aromatic N) is 5. The molecule has 39 heavy (non-hydrogen) atoms. The molecule has 1 N–H and O–H groups in total. The van der Waals surface area contributed by atoms with Crippen LogP contribution in [0.3, 0.4) is 0 Å². The molecule has 0 saturated carbocycles. The molecule has 2 aromatic heterocycles. The summed E-state index contributed by atoms with van der Waals surface area (Å²) in [4.78, 5) is 41.2. The van der Waals surface area contributed by atoms with Crippen molar-refractivity contribution in [2.75, 3.05) is 31.1 Å². The molecule has 0 unspecified atom stereocenters. The topological polar surface area (TPSA) is 89.9 Å². The number of aliphatic hydroxyl groups excluding tert-OH is 1. The van der Waals surface area contributed by atoms with E-state index in [9.17, 15) is 19.1 Å². The SMILES string of the molecule is C=CC(=O)N1CCN(c2nc(CO)c(C(=O)N3[C@@H](C)CC[C@@H]3C)c3nc(-c4ccccc4F)c(Cl)cc23)CC1. The van der Waals surface area contributed by atoms with Gasteiger partial charge < -0.3 is 19.8 Å². The first kappa shape index (κ1) is 27.0. The first-order valence-corrected chi connectivity index (χ1v) is 13.5. The van der Waals surface area contributed by atoms with Crippen LogP contribution in [0.15, 0.2) is 43.0 Å². The van der Waals surface area contributed by atoms with E-state index in [0.29, 0.717) is 42.9 Å².